The van der Waals surface area contributed by atoms with E-state index in [4.69, 9.17) is 0 Å². The van der Waals surface area contributed by atoms with Crippen LogP contribution in [0.4, 0.5) is 0 Å². The van der Waals surface area contributed by atoms with E-state index in [0.29, 0.717) is 5.92 Å². The Morgan fingerprint density at radius 3 is 2.57 bits per heavy atom. The topological polar surface area (TPSA) is 21.8 Å². The molecule has 1 rings (SSSR count). The highest BCUT2D eigenvalue weighted by molar-refractivity contribution is 5.34. The third kappa shape index (κ3) is 5.56. The summed E-state index contributed by atoms with van der Waals surface area (Å²) in [6.45, 7) is 11.7. The molecule has 0 aromatic heterocycles. The molecule has 120 valence electrons. The van der Waals surface area contributed by atoms with Crippen molar-refractivity contribution in [3.05, 3.63) is 35.2 Å². The van der Waals surface area contributed by atoms with Crippen LogP contribution in [-0.4, -0.2) is 55.7 Å². The van der Waals surface area contributed by atoms with E-state index < -0.39 is 0 Å². The van der Waals surface area contributed by atoms with Crippen molar-refractivity contribution in [1.82, 2.24) is 20.2 Å². The summed E-state index contributed by atoms with van der Waals surface area (Å²) in [6.07, 6.45) is 6.57. The van der Waals surface area contributed by atoms with Crippen molar-refractivity contribution >= 4 is 0 Å². The number of nitrogens with zero attached hydrogens (tertiary/aromatic N) is 3. The lowest BCUT2D eigenvalue weighted by Crippen LogP contribution is -2.49. The number of rotatable bonds is 6. The van der Waals surface area contributed by atoms with E-state index in [1.807, 2.05) is 0 Å². The number of likely N-dealkylation sites (N-methyl/N-ethyl adjacent to an activating group) is 1. The van der Waals surface area contributed by atoms with Crippen molar-refractivity contribution in [1.29, 1.82) is 0 Å². The second kappa shape index (κ2) is 8.25. The smallest absolute Gasteiger partial charge is 0.0882 e. The molecule has 0 spiro atoms. The first-order valence-electron chi connectivity index (χ1n) is 7.77. The van der Waals surface area contributed by atoms with Crippen molar-refractivity contribution in [3.8, 4) is 0 Å². The van der Waals surface area contributed by atoms with E-state index >= 15 is 0 Å². The van der Waals surface area contributed by atoms with Gasteiger partial charge in [-0.3, -0.25) is 0 Å². The van der Waals surface area contributed by atoms with Crippen LogP contribution in [0.25, 0.3) is 0 Å². The fourth-order valence-corrected chi connectivity index (χ4v) is 2.15. The first-order valence-corrected chi connectivity index (χ1v) is 7.77. The molecule has 4 heteroatoms. The van der Waals surface area contributed by atoms with Crippen molar-refractivity contribution < 1.29 is 0 Å². The van der Waals surface area contributed by atoms with E-state index in [-0.39, 0.29) is 0 Å². The quantitative estimate of drug-likeness (QED) is 0.812. The van der Waals surface area contributed by atoms with Gasteiger partial charge < -0.3 is 15.2 Å². The van der Waals surface area contributed by atoms with Crippen molar-refractivity contribution in [2.24, 2.45) is 5.92 Å². The fraction of sp³-hybridized carbons (Fsp3) is 0.647. The molecule has 1 N–H and O–H groups in total. The second-order valence-electron chi connectivity index (χ2n) is 6.36. The number of nitrogens with one attached hydrogen (secondary N) is 1. The molecule has 0 aromatic rings. The maximum atomic E-state index is 3.46. The minimum atomic E-state index is 0.569. The molecule has 0 saturated heterocycles. The highest BCUT2D eigenvalue weighted by Gasteiger charge is 2.20. The Bertz CT molecular complexity index is 419. The maximum absolute atomic E-state index is 3.46. The molecule has 4 nitrogen and oxygen atoms in total. The highest BCUT2D eigenvalue weighted by Crippen LogP contribution is 2.21. The predicted molar refractivity (Wildman–Crippen MR) is 91.5 cm³/mol. The molecule has 0 atom stereocenters. The van der Waals surface area contributed by atoms with Gasteiger partial charge in [0.1, 0.15) is 0 Å². The molecular formula is C17H32N4. The zero-order chi connectivity index (χ0) is 16.0. The summed E-state index contributed by atoms with van der Waals surface area (Å²) < 4.78 is 0. The van der Waals surface area contributed by atoms with E-state index in [0.717, 1.165) is 19.8 Å². The summed E-state index contributed by atoms with van der Waals surface area (Å²) in [4.78, 5) is 4.67. The molecule has 0 aliphatic carbocycles. The lowest BCUT2D eigenvalue weighted by molar-refractivity contribution is 0.123. The van der Waals surface area contributed by atoms with Crippen LogP contribution >= 0.6 is 0 Å². The monoisotopic (exact) mass is 292 g/mol. The average Bonchev–Trinajstić information content (AvgIpc) is 2.39. The molecule has 0 bridgehead atoms. The van der Waals surface area contributed by atoms with E-state index in [1.165, 1.54) is 17.0 Å². The van der Waals surface area contributed by atoms with E-state index in [9.17, 15) is 0 Å². The summed E-state index contributed by atoms with van der Waals surface area (Å²) in [6, 6.07) is 0. The van der Waals surface area contributed by atoms with Gasteiger partial charge in [-0.2, -0.15) is 0 Å². The average molecular weight is 292 g/mol. The van der Waals surface area contributed by atoms with Crippen LogP contribution in [0.15, 0.2) is 35.2 Å². The van der Waals surface area contributed by atoms with Gasteiger partial charge >= 0.3 is 0 Å². The van der Waals surface area contributed by atoms with Crippen molar-refractivity contribution in [3.63, 3.8) is 0 Å². The van der Waals surface area contributed by atoms with Crippen LogP contribution < -0.4 is 5.43 Å². The van der Waals surface area contributed by atoms with Gasteiger partial charge in [0.2, 0.25) is 0 Å². The van der Waals surface area contributed by atoms with Gasteiger partial charge in [-0.15, -0.1) is 0 Å². The van der Waals surface area contributed by atoms with Crippen LogP contribution in [0.1, 0.15) is 27.7 Å². The Kier molecular flexibility index (Phi) is 6.99. The Hall–Kier alpha value is -1.26. The van der Waals surface area contributed by atoms with Crippen LogP contribution in [-0.2, 0) is 0 Å². The normalized spacial score (nSPS) is 18.3. The Balaban J connectivity index is 3.12. The summed E-state index contributed by atoms with van der Waals surface area (Å²) in [5.74, 6) is 0.569. The number of allylic oxidation sites excluding steroid dienone is 4. The summed E-state index contributed by atoms with van der Waals surface area (Å²) in [5, 5.41) is 2.13. The number of hydrogen-bond acceptors (Lipinski definition) is 4. The molecule has 1 heterocycles. The molecule has 1 aliphatic rings. The molecule has 0 amide bonds. The Morgan fingerprint density at radius 2 is 2.05 bits per heavy atom. The molecule has 0 aromatic carbocycles. The third-order valence-corrected chi connectivity index (χ3v) is 3.74. The molecule has 0 fully saturated rings. The zero-order valence-electron chi connectivity index (χ0n) is 14.8. The highest BCUT2D eigenvalue weighted by atomic mass is 15.6. The minimum Gasteiger partial charge on any atom is -0.354 e. The molecule has 0 radical (unpaired) electrons. The fourth-order valence-electron chi connectivity index (χ4n) is 2.15. The van der Waals surface area contributed by atoms with E-state index in [1.54, 1.807) is 0 Å². The summed E-state index contributed by atoms with van der Waals surface area (Å²) in [5.41, 5.74) is 7.33. The second-order valence-corrected chi connectivity index (χ2v) is 6.36. The first kappa shape index (κ1) is 17.8. The van der Waals surface area contributed by atoms with Crippen LogP contribution in [0.5, 0.6) is 0 Å². The van der Waals surface area contributed by atoms with Gasteiger partial charge in [0, 0.05) is 20.1 Å². The summed E-state index contributed by atoms with van der Waals surface area (Å²) in [7, 11) is 6.33. The maximum Gasteiger partial charge on any atom is 0.0882 e. The van der Waals surface area contributed by atoms with Crippen molar-refractivity contribution in [2.75, 3.05) is 40.9 Å². The van der Waals surface area contributed by atoms with Gasteiger partial charge in [-0.25, -0.2) is 5.01 Å². The standard InChI is InChI=1S/C17H32N4/c1-8-9-16-17(12-15(4)14(2)3)21(11-10-19(5)6)13-20(7)18-16/h8-9,12,14,18H,10-11,13H2,1-7H3/b9-8-,15-12-. The van der Waals surface area contributed by atoms with Gasteiger partial charge in [0.05, 0.1) is 18.1 Å². The molecule has 1 aliphatic heterocycles. The first-order chi connectivity index (χ1) is 9.85. The Morgan fingerprint density at radius 1 is 1.38 bits per heavy atom. The molecule has 0 unspecified atom stereocenters. The van der Waals surface area contributed by atoms with Crippen LogP contribution in [0.2, 0.25) is 0 Å². The third-order valence-electron chi connectivity index (χ3n) is 3.74. The van der Waals surface area contributed by atoms with Gasteiger partial charge in [-0.1, -0.05) is 25.5 Å². The van der Waals surface area contributed by atoms with Gasteiger partial charge in [0.15, 0.2) is 0 Å². The predicted octanol–water partition coefficient (Wildman–Crippen LogP) is 2.65. The molecule has 21 heavy (non-hydrogen) atoms. The SMILES string of the molecule is C/C=C\C1=C(/C=C(/C)C(C)C)N(CCN(C)C)CN(C)N1. The molecular weight excluding hydrogens is 260 g/mol. The number of hydrogen-bond donors (Lipinski definition) is 1. The zero-order valence-corrected chi connectivity index (χ0v) is 14.8. The van der Waals surface area contributed by atoms with Crippen LogP contribution in [0.3, 0.4) is 0 Å². The Labute approximate surface area is 130 Å². The molecule has 0 saturated carbocycles. The number of hydrazine groups is 1. The van der Waals surface area contributed by atoms with Gasteiger partial charge in [0.25, 0.3) is 0 Å². The van der Waals surface area contributed by atoms with Gasteiger partial charge in [-0.05, 0) is 46.0 Å². The largest absolute Gasteiger partial charge is 0.354 e. The van der Waals surface area contributed by atoms with Crippen molar-refractivity contribution in [2.45, 2.75) is 27.7 Å². The minimum absolute atomic E-state index is 0.569. The lowest BCUT2D eigenvalue weighted by Gasteiger charge is -2.38. The lowest BCUT2D eigenvalue weighted by atomic mass is 10.0. The summed E-state index contributed by atoms with van der Waals surface area (Å²) >= 11 is 0. The van der Waals surface area contributed by atoms with Crippen LogP contribution in [0, 0.1) is 5.92 Å². The van der Waals surface area contributed by atoms with E-state index in [2.05, 4.69) is 87.3 Å².